The third-order valence-electron chi connectivity index (χ3n) is 3.77. The molecular weight excluding hydrogens is 258 g/mol. The highest BCUT2D eigenvalue weighted by Crippen LogP contribution is 2.16. The fraction of sp³-hybridized carbons (Fsp3) is 0.571. The number of amides is 1. The number of aromatic amines is 1. The summed E-state index contributed by atoms with van der Waals surface area (Å²) in [5, 5.41) is 3.00. The quantitative estimate of drug-likeness (QED) is 0.831. The molecule has 2 heterocycles. The molecule has 0 saturated carbocycles. The molecule has 1 aromatic rings. The number of H-pyrrole nitrogens is 1. The zero-order chi connectivity index (χ0) is 13.7. The maximum Gasteiger partial charge on any atom is 0.254 e. The van der Waals surface area contributed by atoms with Gasteiger partial charge in [-0.1, -0.05) is 19.1 Å². The first-order valence-electron chi connectivity index (χ1n) is 6.89. The summed E-state index contributed by atoms with van der Waals surface area (Å²) in [4.78, 5) is 17.4. The molecule has 5 heteroatoms. The largest absolute Gasteiger partial charge is 0.352 e. The van der Waals surface area contributed by atoms with Gasteiger partial charge in [0.25, 0.3) is 5.91 Å². The Kier molecular flexibility index (Phi) is 5.10. The molecule has 0 spiro atoms. The molecule has 0 radical (unpaired) electrons. The van der Waals surface area contributed by atoms with Crippen LogP contribution in [-0.2, 0) is 0 Å². The zero-order valence-electron chi connectivity index (χ0n) is 11.3. The Morgan fingerprint density at radius 1 is 1.53 bits per heavy atom. The Hall–Kier alpha value is -1.20. The highest BCUT2D eigenvalue weighted by molar-refractivity contribution is 7.71. The minimum Gasteiger partial charge on any atom is -0.352 e. The molecule has 0 bridgehead atoms. The van der Waals surface area contributed by atoms with E-state index < -0.39 is 0 Å². The predicted molar refractivity (Wildman–Crippen MR) is 78.8 cm³/mol. The average Bonchev–Trinajstić information content (AvgIpc) is 2.46. The molecule has 1 aromatic heterocycles. The van der Waals surface area contributed by atoms with Gasteiger partial charge in [-0.25, -0.2) is 0 Å². The Labute approximate surface area is 119 Å². The summed E-state index contributed by atoms with van der Waals surface area (Å²) in [6, 6.07) is 3.55. The summed E-state index contributed by atoms with van der Waals surface area (Å²) in [7, 11) is 0. The topological polar surface area (TPSA) is 48.1 Å². The summed E-state index contributed by atoms with van der Waals surface area (Å²) >= 11 is 5.11. The van der Waals surface area contributed by atoms with Gasteiger partial charge in [-0.05, 0) is 50.5 Å². The van der Waals surface area contributed by atoms with E-state index in [0.29, 0.717) is 16.1 Å². The highest BCUT2D eigenvalue weighted by Gasteiger charge is 2.18. The van der Waals surface area contributed by atoms with E-state index in [-0.39, 0.29) is 5.91 Å². The average molecular weight is 279 g/mol. The number of pyridine rings is 1. The van der Waals surface area contributed by atoms with Crippen molar-refractivity contribution < 1.29 is 4.79 Å². The Bertz CT molecular complexity index is 478. The third kappa shape index (κ3) is 3.88. The van der Waals surface area contributed by atoms with E-state index >= 15 is 0 Å². The molecule has 2 rings (SSSR count). The van der Waals surface area contributed by atoms with Crippen molar-refractivity contribution in [1.29, 1.82) is 0 Å². The maximum atomic E-state index is 12.0. The molecule has 4 nitrogen and oxygen atoms in total. The van der Waals surface area contributed by atoms with Crippen molar-refractivity contribution in [3.8, 4) is 0 Å². The number of hydrogen-bond donors (Lipinski definition) is 2. The minimum atomic E-state index is -0.0697. The van der Waals surface area contributed by atoms with E-state index in [2.05, 4.69) is 22.1 Å². The number of nitrogens with one attached hydrogen (secondary N) is 2. The standard InChI is InChI=1S/C14H21N3OS/c1-2-17-8-5-11(6-9-17)10-16-13(18)12-4-3-7-15-14(12)19/h3-4,7,11H,2,5-6,8-10H2,1H3,(H,15,19)(H,16,18). The van der Waals surface area contributed by atoms with E-state index in [1.54, 1.807) is 18.3 Å². The second kappa shape index (κ2) is 6.82. The van der Waals surface area contributed by atoms with Gasteiger partial charge in [0.2, 0.25) is 0 Å². The van der Waals surface area contributed by atoms with Crippen molar-refractivity contribution in [3.05, 3.63) is 28.5 Å². The molecule has 104 valence electrons. The van der Waals surface area contributed by atoms with Crippen LogP contribution in [0.1, 0.15) is 30.1 Å². The van der Waals surface area contributed by atoms with Gasteiger partial charge in [-0.2, -0.15) is 0 Å². The van der Waals surface area contributed by atoms with Gasteiger partial charge in [0.05, 0.1) is 5.56 Å². The lowest BCUT2D eigenvalue weighted by molar-refractivity contribution is 0.0936. The van der Waals surface area contributed by atoms with Crippen LogP contribution in [0.3, 0.4) is 0 Å². The summed E-state index contributed by atoms with van der Waals surface area (Å²) in [6.45, 7) is 6.35. The van der Waals surface area contributed by atoms with Crippen molar-refractivity contribution in [1.82, 2.24) is 15.2 Å². The summed E-state index contributed by atoms with van der Waals surface area (Å²) < 4.78 is 0.501. The van der Waals surface area contributed by atoms with Crippen LogP contribution >= 0.6 is 12.2 Å². The summed E-state index contributed by atoms with van der Waals surface area (Å²) in [5.74, 6) is 0.521. The lowest BCUT2D eigenvalue weighted by Crippen LogP contribution is -2.38. The molecule has 1 amide bonds. The van der Waals surface area contributed by atoms with Gasteiger partial charge in [0.1, 0.15) is 4.64 Å². The zero-order valence-corrected chi connectivity index (χ0v) is 12.1. The fourth-order valence-electron chi connectivity index (χ4n) is 2.44. The van der Waals surface area contributed by atoms with Gasteiger partial charge < -0.3 is 15.2 Å². The van der Waals surface area contributed by atoms with Crippen LogP contribution in [0.4, 0.5) is 0 Å². The Morgan fingerprint density at radius 2 is 2.26 bits per heavy atom. The molecule has 0 unspecified atom stereocenters. The number of aromatic nitrogens is 1. The van der Waals surface area contributed by atoms with E-state index in [0.717, 1.165) is 39.0 Å². The van der Waals surface area contributed by atoms with E-state index in [9.17, 15) is 4.79 Å². The molecule has 0 aliphatic carbocycles. The minimum absolute atomic E-state index is 0.0697. The smallest absolute Gasteiger partial charge is 0.254 e. The van der Waals surface area contributed by atoms with Gasteiger partial charge in [0, 0.05) is 12.7 Å². The molecule has 0 atom stereocenters. The monoisotopic (exact) mass is 279 g/mol. The summed E-state index contributed by atoms with van der Waals surface area (Å²) in [6.07, 6.45) is 4.06. The van der Waals surface area contributed by atoms with E-state index in [4.69, 9.17) is 12.2 Å². The fourth-order valence-corrected chi connectivity index (χ4v) is 2.67. The number of carbonyl (C=O) groups excluding carboxylic acids is 1. The van der Waals surface area contributed by atoms with Crippen molar-refractivity contribution in [2.45, 2.75) is 19.8 Å². The molecule has 1 aliphatic rings. The van der Waals surface area contributed by atoms with Crippen LogP contribution < -0.4 is 5.32 Å². The van der Waals surface area contributed by atoms with Crippen molar-refractivity contribution >= 4 is 18.1 Å². The van der Waals surface area contributed by atoms with Crippen molar-refractivity contribution in [2.75, 3.05) is 26.2 Å². The van der Waals surface area contributed by atoms with Crippen LogP contribution in [0.5, 0.6) is 0 Å². The SMILES string of the molecule is CCN1CCC(CNC(=O)c2ccc[nH]c2=S)CC1. The maximum absolute atomic E-state index is 12.0. The number of nitrogens with zero attached hydrogens (tertiary/aromatic N) is 1. The van der Waals surface area contributed by atoms with Gasteiger partial charge in [-0.3, -0.25) is 4.79 Å². The molecule has 0 aromatic carbocycles. The Morgan fingerprint density at radius 3 is 2.89 bits per heavy atom. The van der Waals surface area contributed by atoms with Crippen molar-refractivity contribution in [3.63, 3.8) is 0 Å². The molecular formula is C14H21N3OS. The number of rotatable bonds is 4. The molecule has 19 heavy (non-hydrogen) atoms. The van der Waals surface area contributed by atoms with Crippen LogP contribution in [0.2, 0.25) is 0 Å². The van der Waals surface area contributed by atoms with Crippen LogP contribution in [0, 0.1) is 10.6 Å². The third-order valence-corrected chi connectivity index (χ3v) is 4.11. The van der Waals surface area contributed by atoms with Crippen LogP contribution in [-0.4, -0.2) is 42.0 Å². The van der Waals surface area contributed by atoms with Crippen molar-refractivity contribution in [2.24, 2.45) is 5.92 Å². The summed E-state index contributed by atoms with van der Waals surface area (Å²) in [5.41, 5.74) is 0.559. The van der Waals surface area contributed by atoms with Gasteiger partial charge in [0.15, 0.2) is 0 Å². The molecule has 1 saturated heterocycles. The molecule has 1 fully saturated rings. The predicted octanol–water partition coefficient (Wildman–Crippen LogP) is 2.21. The first-order chi connectivity index (χ1) is 9.20. The lowest BCUT2D eigenvalue weighted by atomic mass is 9.97. The second-order valence-electron chi connectivity index (χ2n) is 5.00. The first-order valence-corrected chi connectivity index (χ1v) is 7.29. The Balaban J connectivity index is 1.82. The number of piperidine rings is 1. The van der Waals surface area contributed by atoms with E-state index in [1.165, 1.54) is 0 Å². The first kappa shape index (κ1) is 14.2. The molecule has 1 aliphatic heterocycles. The van der Waals surface area contributed by atoms with Crippen LogP contribution in [0.25, 0.3) is 0 Å². The highest BCUT2D eigenvalue weighted by atomic mass is 32.1. The lowest BCUT2D eigenvalue weighted by Gasteiger charge is -2.31. The van der Waals surface area contributed by atoms with E-state index in [1.807, 2.05) is 0 Å². The van der Waals surface area contributed by atoms with Gasteiger partial charge in [-0.15, -0.1) is 0 Å². The number of hydrogen-bond acceptors (Lipinski definition) is 3. The molecule has 2 N–H and O–H groups in total. The normalized spacial score (nSPS) is 17.3. The van der Waals surface area contributed by atoms with Gasteiger partial charge >= 0.3 is 0 Å². The van der Waals surface area contributed by atoms with Crippen LogP contribution in [0.15, 0.2) is 18.3 Å². The number of carbonyl (C=O) groups is 1. The number of likely N-dealkylation sites (tertiary alicyclic amines) is 1. The second-order valence-corrected chi connectivity index (χ2v) is 5.41.